The molecule has 12 aromatic carbocycles. The number of hydrogen-bond acceptors (Lipinski definition) is 1. The maximum atomic E-state index is 2.42. The molecule has 0 amide bonds. The number of benzene rings is 12. The van der Waals surface area contributed by atoms with Gasteiger partial charge >= 0.3 is 0 Å². The Kier molecular flexibility index (Phi) is 10.2. The zero-order chi connectivity index (χ0) is 46.4. The van der Waals surface area contributed by atoms with Crippen LogP contribution in [-0.4, -0.2) is 4.57 Å². The van der Waals surface area contributed by atoms with E-state index in [1.807, 2.05) is 0 Å². The third kappa shape index (κ3) is 7.13. The fourth-order valence-corrected chi connectivity index (χ4v) is 10.8. The molecule has 13 rings (SSSR count). The molecule has 13 aromatic rings. The average molecular weight is 891 g/mol. The molecule has 0 fully saturated rings. The van der Waals surface area contributed by atoms with Crippen LogP contribution < -0.4 is 4.90 Å². The summed E-state index contributed by atoms with van der Waals surface area (Å²) < 4.78 is 2.39. The fourth-order valence-electron chi connectivity index (χ4n) is 10.8. The van der Waals surface area contributed by atoms with Crippen LogP contribution in [0.4, 0.5) is 17.1 Å². The second-order valence-corrected chi connectivity index (χ2v) is 18.0. The standard InChI is InChI=1S/C68H46N2/c1-5-21-47(22-6-1)50-27-17-32-55(43-50)69(57-34-19-29-53(45-57)58-38-20-40-65-68(58)62-37-15-16-39-64(62)70(65)54-30-11-4-12-31-54)56-33-18-28-51(44-56)52-41-42-60-59-35-13-14-36-61(59)66(48-23-7-2-8-24-48)67(63(60)46-52)49-25-9-3-10-26-49/h1-46H. The van der Waals surface area contributed by atoms with Crippen molar-refractivity contribution in [1.82, 2.24) is 4.57 Å². The smallest absolute Gasteiger partial charge is 0.0547 e. The van der Waals surface area contributed by atoms with Gasteiger partial charge in [0.15, 0.2) is 0 Å². The van der Waals surface area contributed by atoms with Crippen LogP contribution in [0.3, 0.4) is 0 Å². The van der Waals surface area contributed by atoms with E-state index in [0.29, 0.717) is 0 Å². The number of para-hydroxylation sites is 2. The van der Waals surface area contributed by atoms with E-state index in [9.17, 15) is 0 Å². The van der Waals surface area contributed by atoms with Gasteiger partial charge in [0.05, 0.1) is 11.0 Å². The van der Waals surface area contributed by atoms with Gasteiger partial charge in [0, 0.05) is 33.5 Å². The monoisotopic (exact) mass is 890 g/mol. The van der Waals surface area contributed by atoms with E-state index < -0.39 is 0 Å². The van der Waals surface area contributed by atoms with E-state index in [2.05, 4.69) is 289 Å². The Morgan fingerprint density at radius 1 is 0.243 bits per heavy atom. The number of aromatic nitrogens is 1. The number of fused-ring (bicyclic) bond motifs is 6. The lowest BCUT2D eigenvalue weighted by atomic mass is 9.84. The van der Waals surface area contributed by atoms with E-state index in [1.54, 1.807) is 0 Å². The topological polar surface area (TPSA) is 8.17 Å². The van der Waals surface area contributed by atoms with Gasteiger partial charge < -0.3 is 9.47 Å². The Morgan fingerprint density at radius 2 is 0.671 bits per heavy atom. The third-order valence-electron chi connectivity index (χ3n) is 13.9. The normalized spacial score (nSPS) is 11.4. The van der Waals surface area contributed by atoms with Gasteiger partial charge in [-0.25, -0.2) is 0 Å². The molecule has 0 N–H and O–H groups in total. The highest BCUT2D eigenvalue weighted by molar-refractivity contribution is 6.22. The first-order valence-electron chi connectivity index (χ1n) is 24.1. The highest BCUT2D eigenvalue weighted by atomic mass is 15.1. The van der Waals surface area contributed by atoms with Crippen LogP contribution in [0.5, 0.6) is 0 Å². The minimum atomic E-state index is 1.07. The van der Waals surface area contributed by atoms with Gasteiger partial charge in [-0.1, -0.05) is 212 Å². The van der Waals surface area contributed by atoms with Crippen LogP contribution in [0.25, 0.3) is 105 Å². The minimum Gasteiger partial charge on any atom is -0.310 e. The summed E-state index contributed by atoms with van der Waals surface area (Å²) in [5.74, 6) is 0. The van der Waals surface area contributed by atoms with Crippen LogP contribution in [-0.2, 0) is 0 Å². The molecule has 0 saturated carbocycles. The Hall–Kier alpha value is -9.24. The summed E-state index contributed by atoms with van der Waals surface area (Å²) in [6.07, 6.45) is 0. The molecule has 0 bridgehead atoms. The molecular weight excluding hydrogens is 845 g/mol. The maximum absolute atomic E-state index is 2.42. The second kappa shape index (κ2) is 17.4. The molecule has 328 valence electrons. The van der Waals surface area contributed by atoms with Gasteiger partial charge in [0.25, 0.3) is 0 Å². The summed E-state index contributed by atoms with van der Waals surface area (Å²) in [6.45, 7) is 0. The first-order valence-corrected chi connectivity index (χ1v) is 24.1. The highest BCUT2D eigenvalue weighted by Gasteiger charge is 2.21. The zero-order valence-electron chi connectivity index (χ0n) is 38.5. The van der Waals surface area contributed by atoms with Crippen LogP contribution >= 0.6 is 0 Å². The van der Waals surface area contributed by atoms with Crippen molar-refractivity contribution in [1.29, 1.82) is 0 Å². The number of anilines is 3. The summed E-state index contributed by atoms with van der Waals surface area (Å²) in [5, 5.41) is 7.46. The molecule has 1 aromatic heterocycles. The van der Waals surface area contributed by atoms with E-state index in [1.165, 1.54) is 82.3 Å². The van der Waals surface area contributed by atoms with E-state index >= 15 is 0 Å². The molecule has 0 atom stereocenters. The first-order chi connectivity index (χ1) is 34.7. The van der Waals surface area contributed by atoms with Gasteiger partial charge in [-0.05, 0) is 144 Å². The second-order valence-electron chi connectivity index (χ2n) is 18.0. The van der Waals surface area contributed by atoms with Crippen molar-refractivity contribution in [3.8, 4) is 61.3 Å². The Bertz CT molecular complexity index is 4040. The van der Waals surface area contributed by atoms with Crippen LogP contribution in [0, 0.1) is 0 Å². The summed E-state index contributed by atoms with van der Waals surface area (Å²) in [4.78, 5) is 2.42. The first kappa shape index (κ1) is 41.0. The van der Waals surface area contributed by atoms with Crippen molar-refractivity contribution in [3.63, 3.8) is 0 Å². The van der Waals surface area contributed by atoms with E-state index in [0.717, 1.165) is 39.4 Å². The van der Waals surface area contributed by atoms with Gasteiger partial charge in [-0.3, -0.25) is 0 Å². The van der Waals surface area contributed by atoms with Gasteiger partial charge in [0.2, 0.25) is 0 Å². The van der Waals surface area contributed by atoms with Crippen molar-refractivity contribution in [3.05, 3.63) is 279 Å². The Balaban J connectivity index is 1.00. The van der Waals surface area contributed by atoms with E-state index in [-0.39, 0.29) is 0 Å². The largest absolute Gasteiger partial charge is 0.310 e. The lowest BCUT2D eigenvalue weighted by molar-refractivity contribution is 1.18. The van der Waals surface area contributed by atoms with Crippen molar-refractivity contribution < 1.29 is 0 Å². The Labute approximate surface area is 408 Å². The number of hydrogen-bond donors (Lipinski definition) is 0. The van der Waals surface area contributed by atoms with Crippen molar-refractivity contribution in [2.75, 3.05) is 4.90 Å². The SMILES string of the molecule is c1ccc(-c2cccc(N(c3cccc(-c4ccc5c(c4)c(-c4ccccc4)c(-c4ccccc4)c4ccccc45)c3)c3cccc(-c4cccc5c4c4ccccc4n5-c4ccccc4)c3)c2)cc1. The Morgan fingerprint density at radius 3 is 1.31 bits per heavy atom. The predicted molar refractivity (Wildman–Crippen MR) is 298 cm³/mol. The summed E-state index contributed by atoms with van der Waals surface area (Å²) >= 11 is 0. The van der Waals surface area contributed by atoms with Crippen LogP contribution in [0.15, 0.2) is 279 Å². The quantitative estimate of drug-likeness (QED) is 0.131. The number of rotatable bonds is 9. The highest BCUT2D eigenvalue weighted by Crippen LogP contribution is 2.47. The lowest BCUT2D eigenvalue weighted by Crippen LogP contribution is -2.10. The van der Waals surface area contributed by atoms with Crippen LogP contribution in [0.1, 0.15) is 0 Å². The van der Waals surface area contributed by atoms with Gasteiger partial charge in [-0.2, -0.15) is 0 Å². The molecular formula is C68H46N2. The summed E-state index contributed by atoms with van der Waals surface area (Å²) in [7, 11) is 0. The van der Waals surface area contributed by atoms with Gasteiger partial charge in [-0.15, -0.1) is 0 Å². The minimum absolute atomic E-state index is 1.07. The third-order valence-corrected chi connectivity index (χ3v) is 13.9. The van der Waals surface area contributed by atoms with Gasteiger partial charge in [0.1, 0.15) is 0 Å². The zero-order valence-corrected chi connectivity index (χ0v) is 38.5. The molecule has 2 heteroatoms. The molecule has 0 aliphatic heterocycles. The van der Waals surface area contributed by atoms with E-state index in [4.69, 9.17) is 0 Å². The number of nitrogens with zero attached hydrogens (tertiary/aromatic N) is 2. The molecule has 0 spiro atoms. The molecule has 0 unspecified atom stereocenters. The molecule has 2 nitrogen and oxygen atoms in total. The van der Waals surface area contributed by atoms with Crippen molar-refractivity contribution >= 4 is 60.4 Å². The molecule has 0 radical (unpaired) electrons. The summed E-state index contributed by atoms with van der Waals surface area (Å²) in [5.41, 5.74) is 18.7. The lowest BCUT2D eigenvalue weighted by Gasteiger charge is -2.27. The van der Waals surface area contributed by atoms with Crippen molar-refractivity contribution in [2.45, 2.75) is 0 Å². The predicted octanol–water partition coefficient (Wildman–Crippen LogP) is 18.9. The maximum Gasteiger partial charge on any atom is 0.0547 e. The molecule has 0 aliphatic carbocycles. The van der Waals surface area contributed by atoms with Crippen molar-refractivity contribution in [2.24, 2.45) is 0 Å². The summed E-state index contributed by atoms with van der Waals surface area (Å²) in [6, 6.07) is 102. The van der Waals surface area contributed by atoms with Crippen LogP contribution in [0.2, 0.25) is 0 Å². The average Bonchev–Trinajstić information content (AvgIpc) is 3.78. The molecule has 0 aliphatic rings. The molecule has 0 saturated heterocycles. The molecule has 1 heterocycles. The molecule has 70 heavy (non-hydrogen) atoms. The fraction of sp³-hybridized carbons (Fsp3) is 0.